The molecule has 1 aromatic carbocycles. The molecule has 2 atom stereocenters. The minimum Gasteiger partial charge on any atom is -0.497 e. The minimum absolute atomic E-state index is 0.0544. The highest BCUT2D eigenvalue weighted by molar-refractivity contribution is 5.89. The van der Waals surface area contributed by atoms with E-state index >= 15 is 0 Å². The molecule has 130 valence electrons. The second-order valence-electron chi connectivity index (χ2n) is 6.70. The van der Waals surface area contributed by atoms with Crippen molar-refractivity contribution in [1.82, 2.24) is 9.80 Å². The number of nitrogens with zero attached hydrogens (tertiary/aromatic N) is 2. The molecule has 3 rings (SSSR count). The molecule has 0 radical (unpaired) electrons. The third-order valence-corrected chi connectivity index (χ3v) is 5.03. The highest BCUT2D eigenvalue weighted by Gasteiger charge is 2.38. The first-order valence-electron chi connectivity index (χ1n) is 8.50. The summed E-state index contributed by atoms with van der Waals surface area (Å²) in [5.74, 6) is 1.15. The fraction of sp³-hybridized carbons (Fsp3) is 0.556. The van der Waals surface area contributed by atoms with Crippen LogP contribution in [-0.2, 0) is 16.1 Å². The second-order valence-corrected chi connectivity index (χ2v) is 6.70. The molecule has 2 fully saturated rings. The molecule has 2 N–H and O–H groups in total. The maximum atomic E-state index is 12.6. The van der Waals surface area contributed by atoms with E-state index in [-0.39, 0.29) is 17.7 Å². The van der Waals surface area contributed by atoms with Gasteiger partial charge < -0.3 is 20.3 Å². The summed E-state index contributed by atoms with van der Waals surface area (Å²) in [4.78, 5) is 28.5. The van der Waals surface area contributed by atoms with Gasteiger partial charge in [0.25, 0.3) is 0 Å². The second kappa shape index (κ2) is 7.21. The van der Waals surface area contributed by atoms with Crippen LogP contribution in [0, 0.1) is 11.8 Å². The van der Waals surface area contributed by atoms with E-state index in [1.807, 2.05) is 29.2 Å². The van der Waals surface area contributed by atoms with E-state index in [9.17, 15) is 9.59 Å². The van der Waals surface area contributed by atoms with Crippen LogP contribution in [0.1, 0.15) is 18.4 Å². The Hall–Kier alpha value is -2.08. The Morgan fingerprint density at radius 1 is 1.29 bits per heavy atom. The summed E-state index contributed by atoms with van der Waals surface area (Å²) >= 11 is 0. The molecule has 2 unspecified atom stereocenters. The number of carbonyl (C=O) groups excluding carboxylic acids is 2. The van der Waals surface area contributed by atoms with Crippen LogP contribution in [0.2, 0.25) is 0 Å². The van der Waals surface area contributed by atoms with E-state index < -0.39 is 0 Å². The minimum atomic E-state index is -0.215. The molecule has 2 aliphatic heterocycles. The number of benzene rings is 1. The molecule has 6 nitrogen and oxygen atoms in total. The molecular formula is C18H25N3O3. The Labute approximate surface area is 142 Å². The Morgan fingerprint density at radius 2 is 2.04 bits per heavy atom. The standard InChI is InChI=1S/C18H25N3O3/c1-24-16-4-2-13(3-5-16)10-21-12-15(8-17(21)22)18(23)20-7-6-14(9-19)11-20/h2-5,14-15H,6-12,19H2,1H3. The third-order valence-electron chi connectivity index (χ3n) is 5.03. The molecule has 0 saturated carbocycles. The zero-order valence-corrected chi connectivity index (χ0v) is 14.1. The van der Waals surface area contributed by atoms with Crippen molar-refractivity contribution in [1.29, 1.82) is 0 Å². The van der Waals surface area contributed by atoms with Gasteiger partial charge >= 0.3 is 0 Å². The van der Waals surface area contributed by atoms with Crippen molar-refractivity contribution in [2.75, 3.05) is 33.3 Å². The summed E-state index contributed by atoms with van der Waals surface area (Å²) < 4.78 is 5.14. The molecule has 1 aromatic rings. The Bertz CT molecular complexity index is 602. The summed E-state index contributed by atoms with van der Waals surface area (Å²) in [7, 11) is 1.63. The number of methoxy groups -OCH3 is 1. The molecule has 0 aliphatic carbocycles. The Morgan fingerprint density at radius 3 is 2.67 bits per heavy atom. The highest BCUT2D eigenvalue weighted by Crippen LogP contribution is 2.25. The number of amides is 2. The number of carbonyl (C=O) groups is 2. The Balaban J connectivity index is 1.57. The number of ether oxygens (including phenoxy) is 1. The van der Waals surface area contributed by atoms with Gasteiger partial charge in [0.05, 0.1) is 13.0 Å². The highest BCUT2D eigenvalue weighted by atomic mass is 16.5. The molecule has 0 bridgehead atoms. The van der Waals surface area contributed by atoms with Crippen molar-refractivity contribution in [2.45, 2.75) is 19.4 Å². The van der Waals surface area contributed by atoms with E-state index in [1.165, 1.54) is 0 Å². The first-order chi connectivity index (χ1) is 11.6. The van der Waals surface area contributed by atoms with Crippen LogP contribution in [0.25, 0.3) is 0 Å². The average molecular weight is 331 g/mol. The lowest BCUT2D eigenvalue weighted by atomic mass is 10.1. The maximum absolute atomic E-state index is 12.6. The van der Waals surface area contributed by atoms with Gasteiger partial charge in [-0.3, -0.25) is 9.59 Å². The van der Waals surface area contributed by atoms with E-state index in [0.717, 1.165) is 30.8 Å². The van der Waals surface area contributed by atoms with Gasteiger partial charge in [-0.05, 0) is 36.6 Å². The molecule has 2 amide bonds. The first kappa shape index (κ1) is 16.8. The van der Waals surface area contributed by atoms with E-state index in [2.05, 4.69) is 0 Å². The molecule has 24 heavy (non-hydrogen) atoms. The van der Waals surface area contributed by atoms with Gasteiger partial charge in [0.15, 0.2) is 0 Å². The quantitative estimate of drug-likeness (QED) is 0.868. The third kappa shape index (κ3) is 3.53. The van der Waals surface area contributed by atoms with Gasteiger partial charge in [-0.25, -0.2) is 0 Å². The summed E-state index contributed by atoms with van der Waals surface area (Å²) in [6.07, 6.45) is 1.29. The number of nitrogens with two attached hydrogens (primary N) is 1. The normalized spacial score (nSPS) is 23.8. The SMILES string of the molecule is COc1ccc(CN2CC(C(=O)N3CCC(CN)C3)CC2=O)cc1. The molecule has 0 aromatic heterocycles. The first-order valence-corrected chi connectivity index (χ1v) is 8.50. The Kier molecular flexibility index (Phi) is 5.04. The summed E-state index contributed by atoms with van der Waals surface area (Å²) in [5.41, 5.74) is 6.73. The molecule has 0 spiro atoms. The van der Waals surface area contributed by atoms with Gasteiger partial charge in [-0.15, -0.1) is 0 Å². The van der Waals surface area contributed by atoms with Gasteiger partial charge in [0, 0.05) is 32.6 Å². The van der Waals surface area contributed by atoms with Crippen molar-refractivity contribution in [2.24, 2.45) is 17.6 Å². The molecule has 6 heteroatoms. The van der Waals surface area contributed by atoms with Crippen molar-refractivity contribution in [3.8, 4) is 5.75 Å². The van der Waals surface area contributed by atoms with Crippen LogP contribution in [0.3, 0.4) is 0 Å². The van der Waals surface area contributed by atoms with Gasteiger partial charge in [-0.1, -0.05) is 12.1 Å². The number of hydrogen-bond donors (Lipinski definition) is 1. The molecule has 2 aliphatic rings. The lowest BCUT2D eigenvalue weighted by Crippen LogP contribution is -2.36. The smallest absolute Gasteiger partial charge is 0.228 e. The zero-order chi connectivity index (χ0) is 17.1. The largest absolute Gasteiger partial charge is 0.497 e. The van der Waals surface area contributed by atoms with Crippen LogP contribution in [0.4, 0.5) is 0 Å². The van der Waals surface area contributed by atoms with Crippen LogP contribution < -0.4 is 10.5 Å². The number of hydrogen-bond acceptors (Lipinski definition) is 4. The average Bonchev–Trinajstić information content (AvgIpc) is 3.22. The monoisotopic (exact) mass is 331 g/mol. The van der Waals surface area contributed by atoms with E-state index in [4.69, 9.17) is 10.5 Å². The maximum Gasteiger partial charge on any atom is 0.228 e. The summed E-state index contributed by atoms with van der Waals surface area (Å²) in [6.45, 7) is 3.17. The predicted octanol–water partition coefficient (Wildman–Crippen LogP) is 0.851. The van der Waals surface area contributed by atoms with Gasteiger partial charge in [-0.2, -0.15) is 0 Å². The summed E-state index contributed by atoms with van der Waals surface area (Å²) in [5, 5.41) is 0. The van der Waals surface area contributed by atoms with Crippen molar-refractivity contribution in [3.63, 3.8) is 0 Å². The van der Waals surface area contributed by atoms with Crippen molar-refractivity contribution < 1.29 is 14.3 Å². The fourth-order valence-corrected chi connectivity index (χ4v) is 3.53. The molecule has 2 heterocycles. The number of rotatable bonds is 5. The van der Waals surface area contributed by atoms with Gasteiger partial charge in [0.2, 0.25) is 11.8 Å². The van der Waals surface area contributed by atoms with E-state index in [0.29, 0.717) is 32.0 Å². The molecular weight excluding hydrogens is 306 g/mol. The molecule has 2 saturated heterocycles. The predicted molar refractivity (Wildman–Crippen MR) is 90.3 cm³/mol. The van der Waals surface area contributed by atoms with E-state index in [1.54, 1.807) is 12.0 Å². The lowest BCUT2D eigenvalue weighted by molar-refractivity contribution is -0.135. The van der Waals surface area contributed by atoms with Crippen LogP contribution in [-0.4, -0.2) is 54.9 Å². The van der Waals surface area contributed by atoms with Crippen molar-refractivity contribution in [3.05, 3.63) is 29.8 Å². The lowest BCUT2D eigenvalue weighted by Gasteiger charge is -2.21. The van der Waals surface area contributed by atoms with Crippen LogP contribution in [0.15, 0.2) is 24.3 Å². The number of likely N-dealkylation sites (tertiary alicyclic amines) is 2. The summed E-state index contributed by atoms with van der Waals surface area (Å²) in [6, 6.07) is 7.67. The zero-order valence-electron chi connectivity index (χ0n) is 14.1. The van der Waals surface area contributed by atoms with Crippen molar-refractivity contribution >= 4 is 11.8 Å². The van der Waals surface area contributed by atoms with Crippen LogP contribution >= 0.6 is 0 Å². The van der Waals surface area contributed by atoms with Gasteiger partial charge in [0.1, 0.15) is 5.75 Å². The van der Waals surface area contributed by atoms with Crippen LogP contribution in [0.5, 0.6) is 5.75 Å². The fourth-order valence-electron chi connectivity index (χ4n) is 3.53. The topological polar surface area (TPSA) is 75.9 Å².